The maximum Gasteiger partial charge on any atom is 0.206 e. The van der Waals surface area contributed by atoms with Crippen molar-refractivity contribution in [2.45, 2.75) is 22.1 Å². The van der Waals surface area contributed by atoms with Crippen molar-refractivity contribution in [1.29, 1.82) is 5.26 Å². The van der Waals surface area contributed by atoms with E-state index in [-0.39, 0.29) is 9.79 Å². The topological polar surface area (TPSA) is 61.2 Å². The molecule has 2 aromatic rings. The average molecular weight is 326 g/mol. The lowest BCUT2D eigenvalue weighted by atomic mass is 9.94. The fourth-order valence-corrected chi connectivity index (χ4v) is 4.39. The highest BCUT2D eigenvalue weighted by atomic mass is 32.2. The Kier molecular flexibility index (Phi) is 4.20. The second-order valence-electron chi connectivity index (χ2n) is 5.93. The molecule has 2 aromatic carbocycles. The van der Waals surface area contributed by atoms with Gasteiger partial charge in [-0.3, -0.25) is 0 Å². The van der Waals surface area contributed by atoms with Gasteiger partial charge in [0, 0.05) is 6.54 Å². The Morgan fingerprint density at radius 3 is 2.48 bits per heavy atom. The van der Waals surface area contributed by atoms with E-state index in [1.54, 1.807) is 42.5 Å². The summed E-state index contributed by atoms with van der Waals surface area (Å²) in [5, 5.41) is 9.45. The molecule has 5 heteroatoms. The van der Waals surface area contributed by atoms with Gasteiger partial charge in [-0.15, -0.1) is 0 Å². The molecule has 1 fully saturated rings. The number of hydrogen-bond acceptors (Lipinski definition) is 4. The van der Waals surface area contributed by atoms with E-state index >= 15 is 0 Å². The predicted octanol–water partition coefficient (Wildman–Crippen LogP) is 2.81. The summed E-state index contributed by atoms with van der Waals surface area (Å²) in [6, 6.07) is 15.4. The quantitative estimate of drug-likeness (QED) is 0.870. The van der Waals surface area contributed by atoms with Crippen LogP contribution >= 0.6 is 0 Å². The fraction of sp³-hybridized carbons (Fsp3) is 0.278. The molecule has 23 heavy (non-hydrogen) atoms. The van der Waals surface area contributed by atoms with Gasteiger partial charge in [0.15, 0.2) is 0 Å². The zero-order chi connectivity index (χ0) is 16.4. The van der Waals surface area contributed by atoms with Crippen LogP contribution in [0.3, 0.4) is 0 Å². The highest BCUT2D eigenvalue weighted by Crippen LogP contribution is 2.31. The first-order valence-electron chi connectivity index (χ1n) is 7.55. The van der Waals surface area contributed by atoms with Gasteiger partial charge in [-0.1, -0.05) is 24.3 Å². The Morgan fingerprint density at radius 1 is 1.13 bits per heavy atom. The van der Waals surface area contributed by atoms with Crippen LogP contribution in [0.25, 0.3) is 0 Å². The summed E-state index contributed by atoms with van der Waals surface area (Å²) >= 11 is 0. The molecule has 0 N–H and O–H groups in total. The molecule has 0 amide bonds. The number of likely N-dealkylation sites (N-methyl/N-ethyl adjacent to an activating group) is 1. The summed E-state index contributed by atoms with van der Waals surface area (Å²) in [6.07, 6.45) is 0.996. The van der Waals surface area contributed by atoms with Crippen LogP contribution < -0.4 is 0 Å². The molecule has 1 aliphatic heterocycles. The number of nitrogens with zero attached hydrogens (tertiary/aromatic N) is 2. The van der Waals surface area contributed by atoms with E-state index in [2.05, 4.69) is 18.0 Å². The standard InChI is InChI=1S/C18H18N2O2S/c1-20-10-9-14(13-20)18-8-7-17(11-15(18)12-19)23(21,22)16-5-3-2-4-6-16/h2-8,11,14H,9-10,13H2,1H3/t14-/m1/s1. The third kappa shape index (κ3) is 3.00. The third-order valence-electron chi connectivity index (χ3n) is 4.34. The maximum atomic E-state index is 12.7. The Morgan fingerprint density at radius 2 is 1.87 bits per heavy atom. The van der Waals surface area contributed by atoms with Crippen LogP contribution in [-0.4, -0.2) is 33.5 Å². The zero-order valence-electron chi connectivity index (χ0n) is 12.9. The highest BCUT2D eigenvalue weighted by Gasteiger charge is 2.25. The molecule has 4 nitrogen and oxygen atoms in total. The largest absolute Gasteiger partial charge is 0.306 e. The monoisotopic (exact) mass is 326 g/mol. The number of likely N-dealkylation sites (tertiary alicyclic amines) is 1. The van der Waals surface area contributed by atoms with Gasteiger partial charge in [-0.05, 0) is 55.8 Å². The van der Waals surface area contributed by atoms with Gasteiger partial charge >= 0.3 is 0 Å². The SMILES string of the molecule is CN1CC[C@@H](c2ccc(S(=O)(=O)c3ccccc3)cc2C#N)C1. The first kappa shape index (κ1) is 15.7. The van der Waals surface area contributed by atoms with E-state index < -0.39 is 9.84 Å². The third-order valence-corrected chi connectivity index (χ3v) is 6.11. The van der Waals surface area contributed by atoms with Crippen molar-refractivity contribution in [2.24, 2.45) is 0 Å². The normalized spacial score (nSPS) is 18.7. The van der Waals surface area contributed by atoms with E-state index in [0.717, 1.165) is 25.1 Å². The number of hydrogen-bond donors (Lipinski definition) is 0. The van der Waals surface area contributed by atoms with Crippen molar-refractivity contribution in [3.8, 4) is 6.07 Å². The van der Waals surface area contributed by atoms with Crippen molar-refractivity contribution < 1.29 is 8.42 Å². The van der Waals surface area contributed by atoms with Gasteiger partial charge in [0.25, 0.3) is 0 Å². The molecule has 0 bridgehead atoms. The molecule has 0 aromatic heterocycles. The Labute approximate surface area is 136 Å². The minimum atomic E-state index is -3.58. The van der Waals surface area contributed by atoms with Crippen LogP contribution in [0.15, 0.2) is 58.3 Å². The lowest BCUT2D eigenvalue weighted by Crippen LogP contribution is -2.14. The lowest BCUT2D eigenvalue weighted by molar-refractivity contribution is 0.411. The predicted molar refractivity (Wildman–Crippen MR) is 87.9 cm³/mol. The van der Waals surface area contributed by atoms with Crippen molar-refractivity contribution in [2.75, 3.05) is 20.1 Å². The summed E-state index contributed by atoms with van der Waals surface area (Å²) in [6.45, 7) is 1.90. The molecule has 3 rings (SSSR count). The lowest BCUT2D eigenvalue weighted by Gasteiger charge is -2.14. The van der Waals surface area contributed by atoms with Crippen LogP contribution in [0.4, 0.5) is 0 Å². The molecule has 0 spiro atoms. The van der Waals surface area contributed by atoms with Crippen molar-refractivity contribution in [1.82, 2.24) is 4.90 Å². The number of nitriles is 1. The molecule has 1 aliphatic rings. The van der Waals surface area contributed by atoms with Crippen LogP contribution in [0.1, 0.15) is 23.5 Å². The Bertz CT molecular complexity index is 854. The summed E-state index contributed by atoms with van der Waals surface area (Å²) < 4.78 is 25.3. The van der Waals surface area contributed by atoms with Crippen LogP contribution in [0.5, 0.6) is 0 Å². The summed E-state index contributed by atoms with van der Waals surface area (Å²) in [4.78, 5) is 2.65. The fourth-order valence-electron chi connectivity index (χ4n) is 3.08. The molecule has 0 aliphatic carbocycles. The average Bonchev–Trinajstić information content (AvgIpc) is 3.01. The molecule has 1 atom stereocenters. The molecule has 1 saturated heterocycles. The van der Waals surface area contributed by atoms with Crippen LogP contribution in [0.2, 0.25) is 0 Å². The Hall–Kier alpha value is -2.16. The van der Waals surface area contributed by atoms with Gasteiger partial charge in [0.2, 0.25) is 9.84 Å². The van der Waals surface area contributed by atoms with Gasteiger partial charge in [0.05, 0.1) is 21.4 Å². The second kappa shape index (κ2) is 6.15. The highest BCUT2D eigenvalue weighted by molar-refractivity contribution is 7.91. The van der Waals surface area contributed by atoms with Gasteiger partial charge in [0.1, 0.15) is 0 Å². The minimum absolute atomic E-state index is 0.176. The van der Waals surface area contributed by atoms with E-state index in [0.29, 0.717) is 11.5 Å². The van der Waals surface area contributed by atoms with Crippen molar-refractivity contribution in [3.63, 3.8) is 0 Å². The molecule has 0 saturated carbocycles. The van der Waals surface area contributed by atoms with Crippen molar-refractivity contribution >= 4 is 9.84 Å². The summed E-state index contributed by atoms with van der Waals surface area (Å²) in [7, 11) is -1.53. The van der Waals surface area contributed by atoms with Crippen molar-refractivity contribution in [3.05, 3.63) is 59.7 Å². The molecule has 118 valence electrons. The number of rotatable bonds is 3. The summed E-state index contributed by atoms with van der Waals surface area (Å²) in [5.41, 5.74) is 1.41. The van der Waals surface area contributed by atoms with E-state index in [4.69, 9.17) is 0 Å². The van der Waals surface area contributed by atoms with Crippen LogP contribution in [0, 0.1) is 11.3 Å². The van der Waals surface area contributed by atoms with E-state index in [9.17, 15) is 13.7 Å². The van der Waals surface area contributed by atoms with E-state index in [1.807, 2.05) is 0 Å². The van der Waals surface area contributed by atoms with Gasteiger partial charge in [-0.2, -0.15) is 5.26 Å². The molecule has 1 heterocycles. The molecule has 0 unspecified atom stereocenters. The molecular formula is C18H18N2O2S. The number of sulfone groups is 1. The molecular weight excluding hydrogens is 308 g/mol. The maximum absolute atomic E-state index is 12.7. The zero-order valence-corrected chi connectivity index (χ0v) is 13.8. The summed E-state index contributed by atoms with van der Waals surface area (Å²) in [5.74, 6) is 0.295. The second-order valence-corrected chi connectivity index (χ2v) is 7.87. The first-order chi connectivity index (χ1) is 11.0. The van der Waals surface area contributed by atoms with E-state index in [1.165, 1.54) is 6.07 Å². The first-order valence-corrected chi connectivity index (χ1v) is 9.03. The minimum Gasteiger partial charge on any atom is -0.306 e. The molecule has 0 radical (unpaired) electrons. The van der Waals surface area contributed by atoms with Gasteiger partial charge in [-0.25, -0.2) is 8.42 Å². The smallest absolute Gasteiger partial charge is 0.206 e. The van der Waals surface area contributed by atoms with Gasteiger partial charge < -0.3 is 4.90 Å². The Balaban J connectivity index is 2.02. The number of benzene rings is 2. The van der Waals surface area contributed by atoms with Crippen LogP contribution in [-0.2, 0) is 9.84 Å².